The summed E-state index contributed by atoms with van der Waals surface area (Å²) in [6.45, 7) is 2.40. The van der Waals surface area contributed by atoms with Crippen LogP contribution in [0.25, 0.3) is 0 Å². The van der Waals surface area contributed by atoms with Crippen molar-refractivity contribution in [2.24, 2.45) is 5.92 Å². The molecule has 4 fully saturated rings. The maximum Gasteiger partial charge on any atom is 0.415 e. The van der Waals surface area contributed by atoms with E-state index in [9.17, 15) is 24.7 Å². The molecule has 4 aliphatic heterocycles. The van der Waals surface area contributed by atoms with Crippen molar-refractivity contribution in [2.75, 3.05) is 44.5 Å². The maximum absolute atomic E-state index is 15.3. The third kappa shape index (κ3) is 8.59. The van der Waals surface area contributed by atoms with Crippen molar-refractivity contribution in [3.8, 4) is 11.5 Å². The van der Waals surface area contributed by atoms with Gasteiger partial charge in [0.05, 0.1) is 43.8 Å². The lowest BCUT2D eigenvalue weighted by molar-refractivity contribution is -0.904. The van der Waals surface area contributed by atoms with Crippen LogP contribution in [0, 0.1) is 11.7 Å². The Bertz CT molecular complexity index is 2130. The van der Waals surface area contributed by atoms with E-state index < -0.39 is 41.1 Å². The number of pyridine rings is 1. The molecule has 12 nitrogen and oxygen atoms in total. The number of fused-ring (bicyclic) bond motifs is 3. The standard InChI is InChI=1S/C41H41Cl2FN4O8S/c1-54-35-11-10-26(17-36(35)55-2)28(18-29-30(42)20-46(53)21-31(29)43)39-48(34(23-57-39)40(50)51)38(49)27-7-5-6-24(16-27)19-47(33-9-4-3-8-32(33)44)41(52)56-37-22-45-14-12-25(37)13-15-45/h3-11,16-17,20-21,25,28,34,37,39H,12-15,18-19,22-23H2,1-2H3,(H-,50,51,53)/t28-,34-,37-,39?/m0/s1. The summed E-state index contributed by atoms with van der Waals surface area (Å²) in [7, 11) is 3.00. The molecule has 8 rings (SSSR count). The second kappa shape index (κ2) is 17.4. The smallest absolute Gasteiger partial charge is 0.415 e. The lowest BCUT2D eigenvalue weighted by Gasteiger charge is -2.44. The molecule has 1 unspecified atom stereocenters. The normalized spacial score (nSPS) is 21.8. The highest BCUT2D eigenvalue weighted by molar-refractivity contribution is 8.00. The van der Waals surface area contributed by atoms with Gasteiger partial charge in [0.15, 0.2) is 11.5 Å². The van der Waals surface area contributed by atoms with Crippen LogP contribution in [0.5, 0.6) is 11.5 Å². The fourth-order valence-corrected chi connectivity index (χ4v) is 10.2. The number of amides is 2. The fourth-order valence-electron chi connectivity index (χ4n) is 7.99. The number of aromatic nitrogens is 1. The Morgan fingerprint density at radius 1 is 1.00 bits per heavy atom. The molecule has 2 amide bonds. The molecule has 0 spiro atoms. The lowest BCUT2D eigenvalue weighted by atomic mass is 9.86. The zero-order valence-electron chi connectivity index (χ0n) is 31.2. The molecule has 1 N–H and O–H groups in total. The molecule has 4 atom stereocenters. The maximum atomic E-state index is 15.3. The Labute approximate surface area is 343 Å². The number of methoxy groups -OCH3 is 2. The number of hydrogen-bond acceptors (Lipinski definition) is 10. The van der Waals surface area contributed by atoms with Gasteiger partial charge in [0.1, 0.15) is 22.0 Å². The van der Waals surface area contributed by atoms with E-state index in [1.807, 2.05) is 0 Å². The van der Waals surface area contributed by atoms with Gasteiger partial charge in [-0.2, -0.15) is 0 Å². The highest BCUT2D eigenvalue weighted by atomic mass is 35.5. The Morgan fingerprint density at radius 2 is 1.72 bits per heavy atom. The van der Waals surface area contributed by atoms with E-state index in [4.69, 9.17) is 37.4 Å². The summed E-state index contributed by atoms with van der Waals surface area (Å²) < 4.78 is 33.1. The average Bonchev–Trinajstić information content (AvgIpc) is 3.65. The molecule has 4 saturated heterocycles. The van der Waals surface area contributed by atoms with Crippen LogP contribution in [0.3, 0.4) is 0 Å². The number of nitrogens with zero attached hydrogens (tertiary/aromatic N) is 4. The van der Waals surface area contributed by atoms with Gasteiger partial charge in [-0.05, 0) is 85.8 Å². The van der Waals surface area contributed by atoms with Crippen LogP contribution in [0.4, 0.5) is 14.9 Å². The average molecular weight is 840 g/mol. The number of aliphatic carboxylic acids is 1. The Kier molecular flexibility index (Phi) is 12.3. The van der Waals surface area contributed by atoms with Crippen molar-refractivity contribution in [2.45, 2.75) is 49.2 Å². The molecule has 0 saturated carbocycles. The van der Waals surface area contributed by atoms with Crippen molar-refractivity contribution in [1.82, 2.24) is 9.80 Å². The number of carbonyl (C=O) groups is 3. The molecule has 16 heteroatoms. The van der Waals surface area contributed by atoms with Gasteiger partial charge in [0, 0.05) is 34.1 Å². The van der Waals surface area contributed by atoms with E-state index in [1.54, 1.807) is 48.5 Å². The second-order valence-electron chi connectivity index (χ2n) is 14.3. The predicted octanol–water partition coefficient (Wildman–Crippen LogP) is 5.57. The number of benzene rings is 3. The first-order valence-electron chi connectivity index (χ1n) is 18.4. The number of para-hydroxylation sites is 1. The summed E-state index contributed by atoms with van der Waals surface area (Å²) in [5.74, 6) is -2.13. The predicted molar refractivity (Wildman–Crippen MR) is 210 cm³/mol. The first kappa shape index (κ1) is 40.4. The monoisotopic (exact) mass is 838 g/mol. The molecule has 1 aromatic heterocycles. The quantitative estimate of drug-likeness (QED) is 0.143. The third-order valence-corrected chi connectivity index (χ3v) is 13.0. The van der Waals surface area contributed by atoms with Crippen LogP contribution in [0.1, 0.15) is 45.8 Å². The largest absolute Gasteiger partial charge is 0.548 e. The van der Waals surface area contributed by atoms with Gasteiger partial charge in [0.25, 0.3) is 5.91 Å². The summed E-state index contributed by atoms with van der Waals surface area (Å²) in [5, 5.41) is 22.3. The van der Waals surface area contributed by atoms with Gasteiger partial charge in [-0.3, -0.25) is 19.8 Å². The van der Waals surface area contributed by atoms with E-state index in [2.05, 4.69) is 4.90 Å². The number of piperidine rings is 3. The Morgan fingerprint density at radius 3 is 2.37 bits per heavy atom. The minimum Gasteiger partial charge on any atom is -0.548 e. The number of halogens is 3. The van der Waals surface area contributed by atoms with Crippen LogP contribution in [-0.2, 0) is 22.5 Å². The highest BCUT2D eigenvalue weighted by Crippen LogP contribution is 2.44. The van der Waals surface area contributed by atoms with Crippen molar-refractivity contribution >= 4 is 58.6 Å². The third-order valence-electron chi connectivity index (χ3n) is 10.9. The van der Waals surface area contributed by atoms with Crippen molar-refractivity contribution in [3.05, 3.63) is 117 Å². The molecular weight excluding hydrogens is 798 g/mol. The molecular formula is C41H41Cl2FN4O8S. The number of carboxylic acid groups (broad SMARTS) is 1. The number of anilines is 1. The number of thioether (sulfide) groups is 1. The van der Waals surface area contributed by atoms with Gasteiger partial charge < -0.3 is 29.0 Å². The molecule has 4 aromatic rings. The lowest BCUT2D eigenvalue weighted by Crippen LogP contribution is -2.53. The van der Waals surface area contributed by atoms with E-state index in [1.165, 1.54) is 66.4 Å². The number of ether oxygens (including phenoxy) is 3. The van der Waals surface area contributed by atoms with Crippen LogP contribution in [0.2, 0.25) is 10.0 Å². The molecule has 3 aromatic carbocycles. The molecule has 0 aliphatic carbocycles. The molecule has 57 heavy (non-hydrogen) atoms. The zero-order valence-corrected chi connectivity index (χ0v) is 33.5. The van der Waals surface area contributed by atoms with Crippen molar-refractivity contribution in [1.29, 1.82) is 0 Å². The van der Waals surface area contributed by atoms with E-state index in [0.717, 1.165) is 30.7 Å². The molecule has 300 valence electrons. The molecule has 0 radical (unpaired) electrons. The van der Waals surface area contributed by atoms with Crippen LogP contribution >= 0.6 is 35.0 Å². The van der Waals surface area contributed by atoms with Gasteiger partial charge in [0.2, 0.25) is 12.4 Å². The van der Waals surface area contributed by atoms with Gasteiger partial charge >= 0.3 is 6.09 Å². The summed E-state index contributed by atoms with van der Waals surface area (Å²) in [4.78, 5) is 46.1. The second-order valence-corrected chi connectivity index (χ2v) is 16.3. The minimum absolute atomic E-state index is 0.0243. The summed E-state index contributed by atoms with van der Waals surface area (Å²) >= 11 is 14.5. The van der Waals surface area contributed by atoms with E-state index >= 15 is 4.39 Å². The van der Waals surface area contributed by atoms with Crippen LogP contribution in [-0.4, -0.2) is 90.1 Å². The SMILES string of the molecule is COc1ccc([C@H](Cc2c(Cl)c[n+](O)cc2Cl)C2SC[C@@H](C(=O)[O-])N2C(=O)c2cccc(CN(C(=O)O[C@H]3CN4CCC3CC4)c3ccccc3F)c2)cc1OC. The molecule has 5 heterocycles. The number of carbonyl (C=O) groups excluding carboxylic acids is 3. The fraction of sp³-hybridized carbons (Fsp3) is 0.366. The molecule has 4 aliphatic rings. The summed E-state index contributed by atoms with van der Waals surface area (Å²) in [6.07, 6.45) is 3.52. The number of hydrogen-bond donors (Lipinski definition) is 1. The Balaban J connectivity index is 1.22. The molecule has 2 bridgehead atoms. The van der Waals surface area contributed by atoms with Crippen LogP contribution < -0.4 is 24.2 Å². The zero-order chi connectivity index (χ0) is 40.4. The summed E-state index contributed by atoms with van der Waals surface area (Å²) in [5.41, 5.74) is 1.80. The number of carboxylic acids is 1. The first-order valence-corrected chi connectivity index (χ1v) is 20.3. The van der Waals surface area contributed by atoms with E-state index in [-0.39, 0.29) is 52.0 Å². The van der Waals surface area contributed by atoms with Crippen LogP contribution in [0.15, 0.2) is 79.1 Å². The number of rotatable bonds is 12. The Hall–Kier alpha value is -4.76. The van der Waals surface area contributed by atoms with Crippen molar-refractivity contribution < 1.29 is 48.0 Å². The highest BCUT2D eigenvalue weighted by Gasteiger charge is 2.44. The van der Waals surface area contributed by atoms with Crippen molar-refractivity contribution in [3.63, 3.8) is 0 Å². The summed E-state index contributed by atoms with van der Waals surface area (Å²) in [6, 6.07) is 16.3. The van der Waals surface area contributed by atoms with E-state index in [0.29, 0.717) is 34.7 Å². The topological polar surface area (TPSA) is 136 Å². The minimum atomic E-state index is -1.43. The van der Waals surface area contributed by atoms with Gasteiger partial charge in [-0.15, -0.1) is 11.8 Å². The van der Waals surface area contributed by atoms with Gasteiger partial charge in [-0.1, -0.05) is 53.5 Å². The van der Waals surface area contributed by atoms with Gasteiger partial charge in [-0.25, -0.2) is 9.18 Å². The first-order chi connectivity index (χ1) is 27.4.